The van der Waals surface area contributed by atoms with Crippen molar-refractivity contribution in [3.05, 3.63) is 140 Å². The number of fused-ring (bicyclic) bond motifs is 9. The molecule has 0 N–H and O–H groups in total. The lowest BCUT2D eigenvalue weighted by atomic mass is 9.95. The summed E-state index contributed by atoms with van der Waals surface area (Å²) in [6.45, 7) is 0. The molecule has 0 aliphatic heterocycles. The van der Waals surface area contributed by atoms with E-state index in [4.69, 9.17) is 23.2 Å². The van der Waals surface area contributed by atoms with Crippen molar-refractivity contribution in [2.75, 3.05) is 0 Å². The van der Waals surface area contributed by atoms with E-state index in [0.717, 1.165) is 93.0 Å². The zero-order chi connectivity index (χ0) is 33.7. The minimum atomic E-state index is 0.481. The second-order valence-electron chi connectivity index (χ2n) is 13.6. The fourth-order valence-electron chi connectivity index (χ4n) is 8.87. The summed E-state index contributed by atoms with van der Waals surface area (Å²) in [6, 6.07) is 48.3. The zero-order valence-electron chi connectivity index (χ0n) is 27.3. The molecule has 0 radical (unpaired) electrons. The van der Waals surface area contributed by atoms with E-state index in [1.54, 1.807) is 0 Å². The van der Waals surface area contributed by atoms with E-state index in [1.807, 2.05) is 42.5 Å². The van der Waals surface area contributed by atoms with Crippen LogP contribution in [-0.4, -0.2) is 14.5 Å². The van der Waals surface area contributed by atoms with E-state index in [1.165, 1.54) is 10.8 Å². The van der Waals surface area contributed by atoms with Crippen molar-refractivity contribution in [2.45, 2.75) is 0 Å². The maximum Gasteiger partial charge on any atom is 0.247 e. The highest BCUT2D eigenvalue weighted by Crippen LogP contribution is 2.48. The number of aromatic nitrogens is 3. The second kappa shape index (κ2) is 9.33. The molecule has 6 heteroatoms. The van der Waals surface area contributed by atoms with Crippen LogP contribution in [0.3, 0.4) is 0 Å². The summed E-state index contributed by atoms with van der Waals surface area (Å²) >= 11 is 0. The molecule has 0 saturated heterocycles. The van der Waals surface area contributed by atoms with Crippen LogP contribution >= 0.6 is 0 Å². The largest absolute Gasteiger partial charge is 0.456 e. The van der Waals surface area contributed by atoms with E-state index in [-0.39, 0.29) is 0 Å². The first kappa shape index (κ1) is 26.7. The molecule has 0 bridgehead atoms. The van der Waals surface area contributed by atoms with Gasteiger partial charge in [-0.15, -0.1) is 0 Å². The van der Waals surface area contributed by atoms with Crippen LogP contribution in [0.25, 0.3) is 127 Å². The lowest BCUT2D eigenvalue weighted by molar-refractivity contribution is 0.652. The Kier molecular flexibility index (Phi) is 4.78. The van der Waals surface area contributed by atoms with E-state index < -0.39 is 0 Å². The van der Waals surface area contributed by atoms with E-state index in [2.05, 4.69) is 102 Å². The number of para-hydroxylation sites is 3. The summed E-state index contributed by atoms with van der Waals surface area (Å²) in [5.74, 6) is 0.698. The Bertz CT molecular complexity index is 3650. The van der Waals surface area contributed by atoms with Crippen LogP contribution in [0.4, 0.5) is 0 Å². The normalized spacial score (nSPS) is 12.6. The van der Waals surface area contributed by atoms with Gasteiger partial charge in [0.1, 0.15) is 39.1 Å². The van der Waals surface area contributed by atoms with Crippen LogP contribution in [-0.2, 0) is 0 Å². The van der Waals surface area contributed by atoms with Gasteiger partial charge in [0.2, 0.25) is 5.71 Å². The summed E-state index contributed by atoms with van der Waals surface area (Å²) in [6.07, 6.45) is 0. The van der Waals surface area contributed by atoms with E-state index >= 15 is 0 Å². The molecule has 0 saturated carbocycles. The Hall–Kier alpha value is -7.18. The Labute approximate surface area is 293 Å². The molecule has 5 aromatic heterocycles. The molecular formula is C46H23N3O3. The van der Waals surface area contributed by atoms with Crippen molar-refractivity contribution in [3.8, 4) is 17.1 Å². The molecule has 8 aromatic carbocycles. The van der Waals surface area contributed by atoms with Gasteiger partial charge in [0.05, 0.1) is 11.0 Å². The first-order valence-electron chi connectivity index (χ1n) is 17.4. The molecule has 6 nitrogen and oxygen atoms in total. The first-order valence-corrected chi connectivity index (χ1v) is 17.4. The lowest BCUT2D eigenvalue weighted by Gasteiger charge is -2.12. The van der Waals surface area contributed by atoms with Crippen molar-refractivity contribution in [2.24, 2.45) is 0 Å². The van der Waals surface area contributed by atoms with Gasteiger partial charge in [-0.1, -0.05) is 91.0 Å². The SMILES string of the molecule is c1ccc2c(c1)oc1c(-c3nc4oc5ccccc5c4nc3-n3c4cccc5c6ccccc6c6cccc7oc8ccc3c(c8c76)c54)cccc12. The van der Waals surface area contributed by atoms with Crippen LogP contribution in [0.5, 0.6) is 0 Å². The van der Waals surface area contributed by atoms with Crippen LogP contribution in [0.1, 0.15) is 0 Å². The van der Waals surface area contributed by atoms with Crippen LogP contribution in [0.2, 0.25) is 0 Å². The van der Waals surface area contributed by atoms with E-state index in [0.29, 0.717) is 22.7 Å². The second-order valence-corrected chi connectivity index (χ2v) is 13.6. The van der Waals surface area contributed by atoms with E-state index in [9.17, 15) is 0 Å². The predicted molar refractivity (Wildman–Crippen MR) is 210 cm³/mol. The summed E-state index contributed by atoms with van der Waals surface area (Å²) < 4.78 is 21.9. The number of nitrogens with zero attached hydrogens (tertiary/aromatic N) is 3. The van der Waals surface area contributed by atoms with Gasteiger partial charge in [0, 0.05) is 43.3 Å². The molecule has 0 fully saturated rings. The number of benzene rings is 7. The molecule has 13 rings (SSSR count). The summed E-state index contributed by atoms with van der Waals surface area (Å²) in [5.41, 5.74) is 8.83. The topological polar surface area (TPSA) is 70.1 Å². The smallest absolute Gasteiger partial charge is 0.247 e. The molecule has 5 heterocycles. The zero-order valence-corrected chi connectivity index (χ0v) is 27.3. The predicted octanol–water partition coefficient (Wildman–Crippen LogP) is 12.7. The number of hydrogen-bond acceptors (Lipinski definition) is 5. The summed E-state index contributed by atoms with van der Waals surface area (Å²) in [7, 11) is 0. The van der Waals surface area contributed by atoms with Gasteiger partial charge in [-0.25, -0.2) is 9.97 Å². The van der Waals surface area contributed by atoms with Gasteiger partial charge < -0.3 is 13.3 Å². The lowest BCUT2D eigenvalue weighted by Crippen LogP contribution is -2.03. The summed E-state index contributed by atoms with van der Waals surface area (Å²) in [4.78, 5) is 10.9. The third-order valence-electron chi connectivity index (χ3n) is 11.0. The van der Waals surface area contributed by atoms with Crippen LogP contribution in [0, 0.1) is 0 Å². The Morgan fingerprint density at radius 2 is 1.00 bits per heavy atom. The molecule has 0 spiro atoms. The average Bonchev–Trinajstić information content (AvgIpc) is 3.95. The number of rotatable bonds is 2. The molecule has 240 valence electrons. The first-order chi connectivity index (χ1) is 25.8. The molecule has 0 atom stereocenters. The quantitative estimate of drug-likeness (QED) is 0.184. The van der Waals surface area contributed by atoms with Gasteiger partial charge in [0.25, 0.3) is 0 Å². The third-order valence-corrected chi connectivity index (χ3v) is 11.0. The highest BCUT2D eigenvalue weighted by Gasteiger charge is 2.27. The Morgan fingerprint density at radius 3 is 1.85 bits per heavy atom. The standard InChI is InChI=1S/C46H23N3O3/c1-2-11-25-24(10-1)27-14-8-18-32-38(27)40-33(22-23-37-41(40)39-28(25)15-9-21-36(39)50-37)49(32)45-42(48-46-43(47-45)30-13-4-6-20-35(30)52-46)31-17-7-16-29-26-12-3-5-19-34(26)51-44(29)31/h1-23H. The Balaban J connectivity index is 1.28. The minimum Gasteiger partial charge on any atom is -0.456 e. The van der Waals surface area contributed by atoms with Crippen LogP contribution in [0.15, 0.2) is 153 Å². The minimum absolute atomic E-state index is 0.481. The molecular weight excluding hydrogens is 643 g/mol. The van der Waals surface area contributed by atoms with Crippen LogP contribution < -0.4 is 0 Å². The molecule has 0 amide bonds. The highest BCUT2D eigenvalue weighted by atomic mass is 16.3. The Morgan fingerprint density at radius 1 is 0.385 bits per heavy atom. The highest BCUT2D eigenvalue weighted by molar-refractivity contribution is 6.38. The number of furan rings is 3. The van der Waals surface area contributed by atoms with Crippen molar-refractivity contribution in [3.63, 3.8) is 0 Å². The van der Waals surface area contributed by atoms with Crippen molar-refractivity contribution >= 4 is 109 Å². The maximum atomic E-state index is 6.61. The van der Waals surface area contributed by atoms with Crippen molar-refractivity contribution < 1.29 is 13.3 Å². The fraction of sp³-hybridized carbons (Fsp3) is 0. The molecule has 52 heavy (non-hydrogen) atoms. The van der Waals surface area contributed by atoms with Gasteiger partial charge in [-0.3, -0.25) is 4.57 Å². The van der Waals surface area contributed by atoms with Gasteiger partial charge in [-0.05, 0) is 70.1 Å². The van der Waals surface area contributed by atoms with Crippen molar-refractivity contribution in [1.29, 1.82) is 0 Å². The van der Waals surface area contributed by atoms with Gasteiger partial charge in [0.15, 0.2) is 5.82 Å². The maximum absolute atomic E-state index is 6.61. The molecule has 0 aliphatic carbocycles. The monoisotopic (exact) mass is 665 g/mol. The third kappa shape index (κ3) is 3.21. The average molecular weight is 666 g/mol. The molecule has 13 aromatic rings. The molecule has 0 aliphatic rings. The van der Waals surface area contributed by atoms with Gasteiger partial charge >= 0.3 is 0 Å². The number of hydrogen-bond donors (Lipinski definition) is 0. The molecule has 0 unspecified atom stereocenters. The van der Waals surface area contributed by atoms with Gasteiger partial charge in [-0.2, -0.15) is 0 Å². The summed E-state index contributed by atoms with van der Waals surface area (Å²) in [5, 5.41) is 12.2. The van der Waals surface area contributed by atoms with Crippen molar-refractivity contribution in [1.82, 2.24) is 14.5 Å². The fourth-order valence-corrected chi connectivity index (χ4v) is 8.87.